The van der Waals surface area contributed by atoms with Crippen LogP contribution in [0.3, 0.4) is 0 Å². The maximum Gasteiger partial charge on any atom is 0.228 e. The summed E-state index contributed by atoms with van der Waals surface area (Å²) in [5.74, 6) is 1.20. The molecular weight excluding hydrogens is 232 g/mol. The van der Waals surface area contributed by atoms with Gasteiger partial charge in [-0.05, 0) is 12.1 Å². The van der Waals surface area contributed by atoms with Gasteiger partial charge in [0.2, 0.25) is 11.7 Å². The Balaban J connectivity index is 1.69. The maximum absolute atomic E-state index is 5.38. The quantitative estimate of drug-likeness (QED) is 0.857. The second-order valence-electron chi connectivity index (χ2n) is 4.18. The molecule has 1 fully saturated rings. The van der Waals surface area contributed by atoms with Crippen molar-refractivity contribution >= 4 is 0 Å². The Morgan fingerprint density at radius 2 is 2.44 bits per heavy atom. The predicted molar refractivity (Wildman–Crippen MR) is 63.8 cm³/mol. The standard InChI is InChI=1S/C12H14N4O2/c1-2-9(7-13-3-1)12-15-11(18-16-12)6-10-8-17-5-4-14-10/h1-3,7,10,14H,4-6,8H2. The summed E-state index contributed by atoms with van der Waals surface area (Å²) in [7, 11) is 0. The average Bonchev–Trinajstić information content (AvgIpc) is 2.89. The molecule has 1 unspecified atom stereocenters. The van der Waals surface area contributed by atoms with Gasteiger partial charge in [0, 0.05) is 37.0 Å². The highest BCUT2D eigenvalue weighted by Gasteiger charge is 2.17. The van der Waals surface area contributed by atoms with E-state index in [0.717, 1.165) is 18.7 Å². The first kappa shape index (κ1) is 11.3. The molecule has 0 bridgehead atoms. The van der Waals surface area contributed by atoms with Crippen LogP contribution in [0.1, 0.15) is 5.89 Å². The maximum atomic E-state index is 5.38. The molecule has 0 aliphatic carbocycles. The summed E-state index contributed by atoms with van der Waals surface area (Å²) in [4.78, 5) is 8.39. The number of nitrogens with zero attached hydrogens (tertiary/aromatic N) is 3. The first-order valence-corrected chi connectivity index (χ1v) is 5.96. The van der Waals surface area contributed by atoms with Crippen LogP contribution in [0.4, 0.5) is 0 Å². The van der Waals surface area contributed by atoms with Crippen LogP contribution in [0.15, 0.2) is 29.0 Å². The Labute approximate surface area is 104 Å². The van der Waals surface area contributed by atoms with Crippen LogP contribution in [0.5, 0.6) is 0 Å². The summed E-state index contributed by atoms with van der Waals surface area (Å²) in [6, 6.07) is 4.01. The average molecular weight is 246 g/mol. The van der Waals surface area contributed by atoms with Crippen molar-refractivity contribution in [2.75, 3.05) is 19.8 Å². The Kier molecular flexibility index (Phi) is 3.29. The van der Waals surface area contributed by atoms with Crippen LogP contribution in [0.25, 0.3) is 11.4 Å². The number of rotatable bonds is 3. The van der Waals surface area contributed by atoms with Crippen LogP contribution in [-0.2, 0) is 11.2 Å². The number of hydrogen-bond donors (Lipinski definition) is 1. The lowest BCUT2D eigenvalue weighted by Gasteiger charge is -2.22. The van der Waals surface area contributed by atoms with Crippen molar-refractivity contribution in [1.82, 2.24) is 20.4 Å². The van der Waals surface area contributed by atoms with Crippen LogP contribution in [0, 0.1) is 0 Å². The Bertz CT molecular complexity index is 494. The van der Waals surface area contributed by atoms with Gasteiger partial charge in [0.25, 0.3) is 0 Å². The van der Waals surface area contributed by atoms with Gasteiger partial charge < -0.3 is 14.6 Å². The molecular formula is C12H14N4O2. The molecule has 3 rings (SSSR count). The van der Waals surface area contributed by atoms with E-state index in [1.165, 1.54) is 0 Å². The van der Waals surface area contributed by atoms with Crippen molar-refractivity contribution in [2.45, 2.75) is 12.5 Å². The third kappa shape index (κ3) is 2.55. The minimum absolute atomic E-state index is 0.251. The highest BCUT2D eigenvalue weighted by Crippen LogP contribution is 2.14. The van der Waals surface area contributed by atoms with Gasteiger partial charge in [-0.2, -0.15) is 4.98 Å². The highest BCUT2D eigenvalue weighted by atomic mass is 16.5. The molecule has 2 aromatic rings. The molecule has 18 heavy (non-hydrogen) atoms. The molecule has 0 radical (unpaired) electrons. The van der Waals surface area contributed by atoms with E-state index in [-0.39, 0.29) is 6.04 Å². The monoisotopic (exact) mass is 246 g/mol. The zero-order valence-electron chi connectivity index (χ0n) is 9.87. The molecule has 1 atom stereocenters. The molecule has 3 heterocycles. The molecule has 1 saturated heterocycles. The van der Waals surface area contributed by atoms with Crippen molar-refractivity contribution in [3.63, 3.8) is 0 Å². The number of aromatic nitrogens is 3. The van der Waals surface area contributed by atoms with E-state index in [4.69, 9.17) is 9.26 Å². The number of pyridine rings is 1. The zero-order chi connectivity index (χ0) is 12.2. The van der Waals surface area contributed by atoms with Gasteiger partial charge in [0.1, 0.15) is 0 Å². The van der Waals surface area contributed by atoms with Crippen LogP contribution >= 0.6 is 0 Å². The predicted octanol–water partition coefficient (Wildman–Crippen LogP) is 0.662. The van der Waals surface area contributed by atoms with Crippen molar-refractivity contribution in [3.05, 3.63) is 30.4 Å². The van der Waals surface area contributed by atoms with Gasteiger partial charge in [0.05, 0.1) is 13.2 Å². The zero-order valence-corrected chi connectivity index (χ0v) is 9.87. The number of nitrogens with one attached hydrogen (secondary N) is 1. The lowest BCUT2D eigenvalue weighted by molar-refractivity contribution is 0.0744. The van der Waals surface area contributed by atoms with E-state index in [2.05, 4.69) is 20.4 Å². The summed E-state index contributed by atoms with van der Waals surface area (Å²) in [5, 5.41) is 7.31. The van der Waals surface area contributed by atoms with E-state index >= 15 is 0 Å². The molecule has 1 N–H and O–H groups in total. The summed E-state index contributed by atoms with van der Waals surface area (Å²) < 4.78 is 10.6. The molecule has 0 spiro atoms. The lowest BCUT2D eigenvalue weighted by Crippen LogP contribution is -2.42. The van der Waals surface area contributed by atoms with Gasteiger partial charge in [-0.25, -0.2) is 0 Å². The van der Waals surface area contributed by atoms with Crippen LogP contribution in [-0.4, -0.2) is 40.9 Å². The largest absolute Gasteiger partial charge is 0.378 e. The van der Waals surface area contributed by atoms with Gasteiger partial charge in [0.15, 0.2) is 0 Å². The lowest BCUT2D eigenvalue weighted by atomic mass is 10.2. The summed E-state index contributed by atoms with van der Waals surface area (Å²) >= 11 is 0. The first-order valence-electron chi connectivity index (χ1n) is 5.96. The van der Waals surface area contributed by atoms with Gasteiger partial charge in [-0.3, -0.25) is 4.98 Å². The fourth-order valence-corrected chi connectivity index (χ4v) is 1.91. The topological polar surface area (TPSA) is 73.1 Å². The first-order chi connectivity index (χ1) is 8.92. The van der Waals surface area contributed by atoms with E-state index in [1.807, 2.05) is 12.1 Å². The third-order valence-electron chi connectivity index (χ3n) is 2.81. The van der Waals surface area contributed by atoms with Crippen LogP contribution in [0.2, 0.25) is 0 Å². The summed E-state index contributed by atoms with van der Waals surface area (Å²) in [6.07, 6.45) is 4.12. The van der Waals surface area contributed by atoms with Crippen molar-refractivity contribution < 1.29 is 9.26 Å². The molecule has 0 amide bonds. The smallest absolute Gasteiger partial charge is 0.228 e. The number of ether oxygens (including phenoxy) is 1. The third-order valence-corrected chi connectivity index (χ3v) is 2.81. The molecule has 94 valence electrons. The second kappa shape index (κ2) is 5.24. The molecule has 1 aliphatic heterocycles. The van der Waals surface area contributed by atoms with E-state index in [0.29, 0.717) is 24.7 Å². The Hall–Kier alpha value is -1.79. The number of morpholine rings is 1. The van der Waals surface area contributed by atoms with Crippen molar-refractivity contribution in [1.29, 1.82) is 0 Å². The summed E-state index contributed by atoms with van der Waals surface area (Å²) in [6.45, 7) is 2.32. The van der Waals surface area contributed by atoms with Crippen LogP contribution < -0.4 is 5.32 Å². The van der Waals surface area contributed by atoms with E-state index in [9.17, 15) is 0 Å². The summed E-state index contributed by atoms with van der Waals surface area (Å²) in [5.41, 5.74) is 0.861. The van der Waals surface area contributed by atoms with Crippen molar-refractivity contribution in [2.24, 2.45) is 0 Å². The molecule has 0 aromatic carbocycles. The van der Waals surface area contributed by atoms with E-state index in [1.54, 1.807) is 12.4 Å². The van der Waals surface area contributed by atoms with Gasteiger partial charge >= 0.3 is 0 Å². The molecule has 6 heteroatoms. The molecule has 2 aromatic heterocycles. The highest BCUT2D eigenvalue weighted by molar-refractivity contribution is 5.51. The molecule has 1 aliphatic rings. The molecule has 0 saturated carbocycles. The normalized spacial score (nSPS) is 19.9. The Morgan fingerprint density at radius 3 is 3.22 bits per heavy atom. The Morgan fingerprint density at radius 1 is 1.44 bits per heavy atom. The van der Waals surface area contributed by atoms with E-state index < -0.39 is 0 Å². The minimum Gasteiger partial charge on any atom is -0.378 e. The van der Waals surface area contributed by atoms with Gasteiger partial charge in [-0.1, -0.05) is 5.16 Å². The van der Waals surface area contributed by atoms with Gasteiger partial charge in [-0.15, -0.1) is 0 Å². The fraction of sp³-hybridized carbons (Fsp3) is 0.417. The minimum atomic E-state index is 0.251. The fourth-order valence-electron chi connectivity index (χ4n) is 1.91. The number of hydrogen-bond acceptors (Lipinski definition) is 6. The van der Waals surface area contributed by atoms with Crippen molar-refractivity contribution in [3.8, 4) is 11.4 Å². The second-order valence-corrected chi connectivity index (χ2v) is 4.18. The SMILES string of the molecule is c1cncc(-c2noc(CC3COCCN3)n2)c1. The molecule has 6 nitrogen and oxygen atoms in total.